The molecule has 3 nitrogen and oxygen atoms in total. The summed E-state index contributed by atoms with van der Waals surface area (Å²) in [4.78, 5) is 0. The Morgan fingerprint density at radius 1 is 1.00 bits per heavy atom. The van der Waals surface area contributed by atoms with Crippen molar-refractivity contribution in [3.8, 4) is 0 Å². The van der Waals surface area contributed by atoms with Crippen LogP contribution in [-0.4, -0.2) is 94.4 Å². The number of hydrogen-bond donors (Lipinski definition) is 0. The van der Waals surface area contributed by atoms with Gasteiger partial charge in [-0.2, -0.15) is 0 Å². The second-order valence-electron chi connectivity index (χ2n) is 0.250. The van der Waals surface area contributed by atoms with E-state index in [2.05, 4.69) is 0 Å². The van der Waals surface area contributed by atoms with Crippen LogP contribution in [0.2, 0.25) is 0 Å². The predicted molar refractivity (Wildman–Crippen MR) is 19.1 cm³/mol. The van der Waals surface area contributed by atoms with Crippen LogP contribution in [0.1, 0.15) is 0 Å². The Bertz CT molecular complexity index is 80.2. The van der Waals surface area contributed by atoms with Crippen LogP contribution in [0.3, 0.4) is 0 Å². The van der Waals surface area contributed by atoms with Gasteiger partial charge in [0.25, 0.3) is 0 Å². The summed E-state index contributed by atoms with van der Waals surface area (Å²) in [5.41, 5.74) is 0. The molecule has 30 valence electrons. The van der Waals surface area contributed by atoms with Crippen LogP contribution in [-0.2, 0) is 27.8 Å². The van der Waals surface area contributed by atoms with E-state index in [9.17, 15) is 0 Å². The normalized spacial score (nSPS) is 2.50. The van der Waals surface area contributed by atoms with E-state index in [0.717, 1.165) is 0 Å². The molecule has 6 heteroatoms. The second-order valence-corrected chi connectivity index (χ2v) is 1.03. The van der Waals surface area contributed by atoms with E-state index in [1.54, 1.807) is 0 Å². The van der Waals surface area contributed by atoms with Gasteiger partial charge < -0.3 is 0 Å². The molecule has 0 amide bonds. The standard InChI is InChI=1S/Ba.3O.Sr.Ti.4H. The Hall–Kier alpha value is 3.17. The van der Waals surface area contributed by atoms with Gasteiger partial charge >= 0.3 is 122 Å². The summed E-state index contributed by atoms with van der Waals surface area (Å²) in [6.45, 7) is 0. The Labute approximate surface area is 118 Å². The van der Waals surface area contributed by atoms with Crippen molar-refractivity contribution < 1.29 is 27.8 Å². The zero-order chi connectivity index (χ0) is 3.58. The van der Waals surface area contributed by atoms with Crippen molar-refractivity contribution in [1.82, 2.24) is 0 Å². The molecule has 0 atom stereocenters. The van der Waals surface area contributed by atoms with Crippen molar-refractivity contribution in [2.24, 2.45) is 0 Å². The van der Waals surface area contributed by atoms with Crippen LogP contribution < -0.4 is 0 Å². The number of rotatable bonds is 0. The van der Waals surface area contributed by atoms with E-state index in [-0.39, 0.29) is 94.4 Å². The maximum absolute atomic E-state index is 8.58. The molecule has 0 heterocycles. The molecule has 0 spiro atoms. The van der Waals surface area contributed by atoms with E-state index in [0.29, 0.717) is 0 Å². The van der Waals surface area contributed by atoms with Gasteiger partial charge in [0.05, 0.1) is 0 Å². The maximum atomic E-state index is 8.58. The van der Waals surface area contributed by atoms with Crippen LogP contribution in [0.25, 0.3) is 0 Å². The first-order valence-corrected chi connectivity index (χ1v) is 2.52. The van der Waals surface area contributed by atoms with Gasteiger partial charge in [-0.15, -0.1) is 0 Å². The van der Waals surface area contributed by atoms with Gasteiger partial charge in [-0.1, -0.05) is 0 Å². The van der Waals surface area contributed by atoms with Crippen molar-refractivity contribution in [1.29, 1.82) is 0 Å². The minimum atomic E-state index is -4.08. The topological polar surface area (TPSA) is 51.2 Å². The molecule has 0 aromatic carbocycles. The summed E-state index contributed by atoms with van der Waals surface area (Å²) in [5, 5.41) is 0. The van der Waals surface area contributed by atoms with Gasteiger partial charge in [0, 0.05) is 0 Å². The van der Waals surface area contributed by atoms with Gasteiger partial charge in [-0.3, -0.25) is 0 Å². The molecular formula is H4BaO3SrTi. The molecule has 0 aliphatic carbocycles. The second kappa shape index (κ2) is 11.0. The van der Waals surface area contributed by atoms with Crippen LogP contribution in [0, 0.1) is 0 Å². The van der Waals surface area contributed by atoms with E-state index in [4.69, 9.17) is 9.97 Å². The van der Waals surface area contributed by atoms with E-state index in [1.165, 1.54) is 0 Å². The van der Waals surface area contributed by atoms with E-state index < -0.39 is 17.8 Å². The fourth-order valence-corrected chi connectivity index (χ4v) is 0. The van der Waals surface area contributed by atoms with Crippen LogP contribution in [0.15, 0.2) is 0 Å². The molecule has 0 rings (SSSR count). The molecule has 0 bridgehead atoms. The minimum absolute atomic E-state index is 0. The summed E-state index contributed by atoms with van der Waals surface area (Å²) in [6.07, 6.45) is 0. The van der Waals surface area contributed by atoms with E-state index in [1.807, 2.05) is 0 Å². The first kappa shape index (κ1) is 16.1. The molecule has 0 N–H and O–H groups in total. The molecule has 0 saturated heterocycles. The Balaban J connectivity index is -0.0000000450. The van der Waals surface area contributed by atoms with Crippen molar-refractivity contribution in [3.05, 3.63) is 0 Å². The first-order chi connectivity index (χ1) is 1.73. The van der Waals surface area contributed by atoms with Gasteiger partial charge in [0.15, 0.2) is 0 Å². The fraction of sp³-hybridized carbons (Fsp3) is 0. The molecule has 6 heavy (non-hydrogen) atoms. The predicted octanol–water partition coefficient (Wildman–Crippen LogP) is -2.19. The third kappa shape index (κ3) is 27.2. The number of hydrogen-bond acceptors (Lipinski definition) is 3. The third-order valence-corrected chi connectivity index (χ3v) is 0. The van der Waals surface area contributed by atoms with Crippen LogP contribution in [0.5, 0.6) is 0 Å². The van der Waals surface area contributed by atoms with Crippen LogP contribution in [0.4, 0.5) is 0 Å². The van der Waals surface area contributed by atoms with E-state index >= 15 is 0 Å². The molecule has 0 unspecified atom stereocenters. The van der Waals surface area contributed by atoms with Crippen molar-refractivity contribution in [2.45, 2.75) is 0 Å². The molecule has 0 aromatic rings. The molecule has 0 radical (unpaired) electrons. The molecule has 0 aromatic heterocycles. The molecule has 0 saturated carbocycles. The average Bonchev–Trinajstić information content (AvgIpc) is 0.811. The van der Waals surface area contributed by atoms with Gasteiger partial charge in [-0.05, 0) is 0 Å². The summed E-state index contributed by atoms with van der Waals surface area (Å²) in [7, 11) is 0. The first-order valence-electron chi connectivity index (χ1n) is 0.612. The molecule has 0 aliphatic rings. The zero-order valence-corrected chi connectivity index (χ0v) is 3.29. The van der Waals surface area contributed by atoms with Crippen molar-refractivity contribution in [3.63, 3.8) is 0 Å². The molecule has 0 aliphatic heterocycles. The Kier molecular flexibility index (Phi) is 29.6. The quantitative estimate of drug-likeness (QED) is 0.476. The summed E-state index contributed by atoms with van der Waals surface area (Å²) in [6, 6.07) is 0. The van der Waals surface area contributed by atoms with Crippen LogP contribution >= 0.6 is 0 Å². The van der Waals surface area contributed by atoms with Gasteiger partial charge in [-0.25, -0.2) is 0 Å². The Morgan fingerprint density at radius 2 is 1.00 bits per heavy atom. The monoisotopic (exact) mass is 326 g/mol. The Morgan fingerprint density at radius 3 is 1.00 bits per heavy atom. The van der Waals surface area contributed by atoms with Gasteiger partial charge in [0.2, 0.25) is 0 Å². The fourth-order valence-electron chi connectivity index (χ4n) is 0. The zero-order valence-electron chi connectivity index (χ0n) is 1.72. The summed E-state index contributed by atoms with van der Waals surface area (Å²) >= 11 is -4.08. The molecular weight excluding hydrogens is 321 g/mol. The third-order valence-electron chi connectivity index (χ3n) is 0. The average molecular weight is 325 g/mol. The SMILES string of the molecule is [BaH2].[O]=[Ti](=[O])=[O].[SrH2]. The van der Waals surface area contributed by atoms with Gasteiger partial charge in [0.1, 0.15) is 0 Å². The summed E-state index contributed by atoms with van der Waals surface area (Å²) in [5.74, 6) is 0. The molecule has 0 fully saturated rings. The van der Waals surface area contributed by atoms with Crippen molar-refractivity contribution >= 4 is 94.4 Å². The summed E-state index contributed by atoms with van der Waals surface area (Å²) < 4.78 is 25.8. The van der Waals surface area contributed by atoms with Crippen molar-refractivity contribution in [2.75, 3.05) is 0 Å².